The minimum atomic E-state index is -0.487. The first-order chi connectivity index (χ1) is 10.7. The van der Waals surface area contributed by atoms with Crippen LogP contribution in [0.5, 0.6) is 0 Å². The molecule has 0 heterocycles. The standard InChI is InChI=1S/C19H16O3/c20-14-18(21)12-10-15-6-8-16(9-7-15)11-13-19(22)17-4-2-1-3-5-17/h1-13,20H,14H2/b12-10+,13-11+. The summed E-state index contributed by atoms with van der Waals surface area (Å²) < 4.78 is 0. The number of allylic oxidation sites excluding steroid dienone is 1. The fourth-order valence-corrected chi connectivity index (χ4v) is 1.83. The van der Waals surface area contributed by atoms with Crippen molar-refractivity contribution in [2.75, 3.05) is 6.61 Å². The van der Waals surface area contributed by atoms with Gasteiger partial charge in [-0.3, -0.25) is 9.59 Å². The number of carbonyl (C=O) groups excluding carboxylic acids is 2. The van der Waals surface area contributed by atoms with Crippen molar-refractivity contribution in [3.8, 4) is 0 Å². The van der Waals surface area contributed by atoms with Gasteiger partial charge in [0.15, 0.2) is 11.6 Å². The van der Waals surface area contributed by atoms with Crippen LogP contribution >= 0.6 is 0 Å². The number of hydrogen-bond donors (Lipinski definition) is 1. The number of rotatable bonds is 6. The van der Waals surface area contributed by atoms with Gasteiger partial charge in [-0.15, -0.1) is 0 Å². The summed E-state index contributed by atoms with van der Waals surface area (Å²) in [5.41, 5.74) is 2.41. The van der Waals surface area contributed by atoms with Crippen LogP contribution in [-0.4, -0.2) is 23.3 Å². The molecule has 3 nitrogen and oxygen atoms in total. The molecule has 110 valence electrons. The Hall–Kier alpha value is -2.78. The first-order valence-corrected chi connectivity index (χ1v) is 6.88. The van der Waals surface area contributed by atoms with E-state index in [1.54, 1.807) is 24.3 Å². The van der Waals surface area contributed by atoms with Crippen LogP contribution in [0.2, 0.25) is 0 Å². The minimum Gasteiger partial charge on any atom is -0.388 e. The monoisotopic (exact) mass is 292 g/mol. The highest BCUT2D eigenvalue weighted by Crippen LogP contribution is 2.09. The molecular weight excluding hydrogens is 276 g/mol. The Balaban J connectivity index is 2.02. The van der Waals surface area contributed by atoms with Crippen LogP contribution in [0.4, 0.5) is 0 Å². The maximum Gasteiger partial charge on any atom is 0.185 e. The first-order valence-electron chi connectivity index (χ1n) is 6.88. The highest BCUT2D eigenvalue weighted by molar-refractivity contribution is 6.06. The fraction of sp³-hybridized carbons (Fsp3) is 0.0526. The van der Waals surface area contributed by atoms with E-state index >= 15 is 0 Å². The van der Waals surface area contributed by atoms with E-state index in [9.17, 15) is 9.59 Å². The maximum atomic E-state index is 11.9. The Morgan fingerprint density at radius 2 is 1.36 bits per heavy atom. The van der Waals surface area contributed by atoms with Gasteiger partial charge in [0.1, 0.15) is 6.61 Å². The molecule has 0 spiro atoms. The SMILES string of the molecule is O=C(/C=C/c1ccc(/C=C/C(=O)c2ccccc2)cc1)CO. The zero-order valence-corrected chi connectivity index (χ0v) is 12.0. The lowest BCUT2D eigenvalue weighted by atomic mass is 10.1. The van der Waals surface area contributed by atoms with E-state index in [1.165, 1.54) is 12.2 Å². The third-order valence-electron chi connectivity index (χ3n) is 3.04. The average Bonchev–Trinajstić information content (AvgIpc) is 2.59. The van der Waals surface area contributed by atoms with Crippen molar-refractivity contribution >= 4 is 23.7 Å². The molecule has 0 aromatic heterocycles. The highest BCUT2D eigenvalue weighted by Gasteiger charge is 1.99. The van der Waals surface area contributed by atoms with Gasteiger partial charge < -0.3 is 5.11 Å². The second-order valence-corrected chi connectivity index (χ2v) is 4.69. The van der Waals surface area contributed by atoms with Gasteiger partial charge in [0.05, 0.1) is 0 Å². The van der Waals surface area contributed by atoms with Crippen molar-refractivity contribution in [2.45, 2.75) is 0 Å². The van der Waals surface area contributed by atoms with E-state index in [2.05, 4.69) is 0 Å². The summed E-state index contributed by atoms with van der Waals surface area (Å²) in [5.74, 6) is -0.379. The van der Waals surface area contributed by atoms with Gasteiger partial charge in [0, 0.05) is 5.56 Å². The third kappa shape index (κ3) is 4.65. The Bertz CT molecular complexity index is 695. The van der Waals surface area contributed by atoms with E-state index in [0.29, 0.717) is 5.56 Å². The zero-order valence-electron chi connectivity index (χ0n) is 12.0. The van der Waals surface area contributed by atoms with Crippen LogP contribution < -0.4 is 0 Å². The summed E-state index contributed by atoms with van der Waals surface area (Å²) in [7, 11) is 0. The van der Waals surface area contributed by atoms with Crippen LogP contribution in [0.15, 0.2) is 66.7 Å². The van der Waals surface area contributed by atoms with Gasteiger partial charge in [-0.2, -0.15) is 0 Å². The van der Waals surface area contributed by atoms with Crippen molar-refractivity contribution in [1.29, 1.82) is 0 Å². The topological polar surface area (TPSA) is 54.4 Å². The molecule has 2 aromatic rings. The normalized spacial score (nSPS) is 11.1. The lowest BCUT2D eigenvalue weighted by Crippen LogP contribution is -1.97. The Morgan fingerprint density at radius 3 is 1.91 bits per heavy atom. The van der Waals surface area contributed by atoms with Gasteiger partial charge in [-0.25, -0.2) is 0 Å². The molecule has 0 saturated heterocycles. The van der Waals surface area contributed by atoms with Crippen molar-refractivity contribution in [3.05, 3.63) is 83.4 Å². The number of aliphatic hydroxyl groups excluding tert-OH is 1. The molecule has 22 heavy (non-hydrogen) atoms. The molecule has 0 atom stereocenters. The number of benzene rings is 2. The highest BCUT2D eigenvalue weighted by atomic mass is 16.3. The first kappa shape index (κ1) is 15.6. The van der Waals surface area contributed by atoms with Crippen LogP contribution in [0.3, 0.4) is 0 Å². The molecular formula is C19H16O3. The van der Waals surface area contributed by atoms with Crippen molar-refractivity contribution in [1.82, 2.24) is 0 Å². The molecule has 0 saturated carbocycles. The molecule has 2 rings (SSSR count). The van der Waals surface area contributed by atoms with Crippen molar-refractivity contribution in [2.24, 2.45) is 0 Å². The fourth-order valence-electron chi connectivity index (χ4n) is 1.83. The van der Waals surface area contributed by atoms with Gasteiger partial charge in [-0.05, 0) is 23.3 Å². The Morgan fingerprint density at radius 1 is 0.818 bits per heavy atom. The largest absolute Gasteiger partial charge is 0.388 e. The second-order valence-electron chi connectivity index (χ2n) is 4.69. The van der Waals surface area contributed by atoms with Gasteiger partial charge in [0.25, 0.3) is 0 Å². The molecule has 0 aliphatic carbocycles. The molecule has 0 fully saturated rings. The number of hydrogen-bond acceptors (Lipinski definition) is 3. The molecule has 2 aromatic carbocycles. The average molecular weight is 292 g/mol. The predicted octanol–water partition coefficient (Wildman–Crippen LogP) is 3.16. The van der Waals surface area contributed by atoms with Gasteiger partial charge >= 0.3 is 0 Å². The molecule has 0 amide bonds. The molecule has 0 aliphatic rings. The summed E-state index contributed by atoms with van der Waals surface area (Å²) in [6, 6.07) is 16.5. The van der Waals surface area contributed by atoms with Crippen LogP contribution in [0.25, 0.3) is 12.2 Å². The molecule has 1 N–H and O–H groups in total. The lowest BCUT2D eigenvalue weighted by Gasteiger charge is -1.97. The van der Waals surface area contributed by atoms with Crippen LogP contribution in [-0.2, 0) is 4.79 Å². The summed E-state index contributed by atoms with van der Waals surface area (Å²) in [5, 5.41) is 8.63. The number of carbonyl (C=O) groups is 2. The maximum absolute atomic E-state index is 11.9. The van der Waals surface area contributed by atoms with E-state index < -0.39 is 6.61 Å². The molecule has 3 heteroatoms. The predicted molar refractivity (Wildman–Crippen MR) is 87.4 cm³/mol. The molecule has 0 radical (unpaired) electrons. The van der Waals surface area contributed by atoms with E-state index in [-0.39, 0.29) is 11.6 Å². The quantitative estimate of drug-likeness (QED) is 0.657. The summed E-state index contributed by atoms with van der Waals surface area (Å²) in [6.45, 7) is -0.487. The number of aliphatic hydroxyl groups is 1. The lowest BCUT2D eigenvalue weighted by molar-refractivity contribution is -0.117. The Labute approximate surface area is 129 Å². The second kappa shape index (κ2) is 7.86. The zero-order chi connectivity index (χ0) is 15.8. The van der Waals surface area contributed by atoms with Crippen molar-refractivity contribution in [3.63, 3.8) is 0 Å². The number of ketones is 2. The summed E-state index contributed by atoms with van der Waals surface area (Å²) in [4.78, 5) is 22.9. The van der Waals surface area contributed by atoms with Gasteiger partial charge in [0.2, 0.25) is 0 Å². The van der Waals surface area contributed by atoms with Crippen molar-refractivity contribution < 1.29 is 14.7 Å². The van der Waals surface area contributed by atoms with E-state index in [1.807, 2.05) is 42.5 Å². The summed E-state index contributed by atoms with van der Waals surface area (Å²) >= 11 is 0. The smallest absolute Gasteiger partial charge is 0.185 e. The van der Waals surface area contributed by atoms with Gasteiger partial charge in [-0.1, -0.05) is 66.7 Å². The van der Waals surface area contributed by atoms with Crippen LogP contribution in [0, 0.1) is 0 Å². The third-order valence-corrected chi connectivity index (χ3v) is 3.04. The van der Waals surface area contributed by atoms with Crippen LogP contribution in [0.1, 0.15) is 21.5 Å². The summed E-state index contributed by atoms with van der Waals surface area (Å²) in [6.07, 6.45) is 6.27. The van der Waals surface area contributed by atoms with E-state index in [4.69, 9.17) is 5.11 Å². The molecule has 0 aliphatic heterocycles. The Kier molecular flexibility index (Phi) is 5.57. The molecule has 0 unspecified atom stereocenters. The van der Waals surface area contributed by atoms with E-state index in [0.717, 1.165) is 11.1 Å². The minimum absolute atomic E-state index is 0.0434. The molecule has 0 bridgehead atoms.